The Morgan fingerprint density at radius 1 is 1.73 bits per heavy atom. The fraction of sp³-hybridized carbons (Fsp3) is 0.700. The summed E-state index contributed by atoms with van der Waals surface area (Å²) in [5.41, 5.74) is 8.96. The Kier molecular flexibility index (Phi) is 3.35. The molecular formula is C10H17N3OS. The first-order valence-corrected chi connectivity index (χ1v) is 6.04. The van der Waals surface area contributed by atoms with Crippen molar-refractivity contribution in [3.8, 4) is 0 Å². The minimum Gasteiger partial charge on any atom is -0.379 e. The van der Waals surface area contributed by atoms with Crippen molar-refractivity contribution in [2.45, 2.75) is 25.4 Å². The standard InChI is InChI=1S/C10H17N3OS/c1-8-9(15-7-13-8)4-12-5-10(11)2-3-14-6-10/h7,12H,2-6,11H2,1H3. The van der Waals surface area contributed by atoms with Gasteiger partial charge in [0.15, 0.2) is 0 Å². The Bertz CT molecular complexity index is 320. The molecule has 0 radical (unpaired) electrons. The van der Waals surface area contributed by atoms with E-state index >= 15 is 0 Å². The van der Waals surface area contributed by atoms with Gasteiger partial charge in [-0.05, 0) is 13.3 Å². The van der Waals surface area contributed by atoms with Crippen molar-refractivity contribution in [2.24, 2.45) is 5.73 Å². The lowest BCUT2D eigenvalue weighted by Gasteiger charge is -2.21. The van der Waals surface area contributed by atoms with Gasteiger partial charge in [-0.25, -0.2) is 4.98 Å². The van der Waals surface area contributed by atoms with Crippen LogP contribution in [0.3, 0.4) is 0 Å². The lowest BCUT2D eigenvalue weighted by atomic mass is 10.0. The van der Waals surface area contributed by atoms with E-state index in [0.29, 0.717) is 6.61 Å². The Labute approximate surface area is 93.8 Å². The third kappa shape index (κ3) is 2.75. The summed E-state index contributed by atoms with van der Waals surface area (Å²) >= 11 is 1.69. The molecule has 84 valence electrons. The number of hydrogen-bond acceptors (Lipinski definition) is 5. The van der Waals surface area contributed by atoms with Crippen LogP contribution in [0.15, 0.2) is 5.51 Å². The summed E-state index contributed by atoms with van der Waals surface area (Å²) in [6, 6.07) is 0. The SMILES string of the molecule is Cc1ncsc1CNCC1(N)CCOC1. The number of thiazole rings is 1. The summed E-state index contributed by atoms with van der Waals surface area (Å²) in [7, 11) is 0. The molecule has 1 saturated heterocycles. The molecule has 1 fully saturated rings. The molecule has 0 aliphatic carbocycles. The highest BCUT2D eigenvalue weighted by Crippen LogP contribution is 2.15. The Hall–Kier alpha value is -0.490. The fourth-order valence-corrected chi connectivity index (χ4v) is 2.43. The lowest BCUT2D eigenvalue weighted by Crippen LogP contribution is -2.49. The van der Waals surface area contributed by atoms with E-state index in [0.717, 1.165) is 31.8 Å². The first kappa shape index (κ1) is 11.0. The molecule has 1 unspecified atom stereocenters. The van der Waals surface area contributed by atoms with Gasteiger partial charge in [-0.3, -0.25) is 0 Å². The predicted molar refractivity (Wildman–Crippen MR) is 60.9 cm³/mol. The molecule has 1 aromatic heterocycles. The van der Waals surface area contributed by atoms with E-state index in [4.69, 9.17) is 10.5 Å². The number of aryl methyl sites for hydroxylation is 1. The average molecular weight is 227 g/mol. The fourth-order valence-electron chi connectivity index (χ4n) is 1.68. The van der Waals surface area contributed by atoms with Crippen LogP contribution >= 0.6 is 11.3 Å². The third-order valence-corrected chi connectivity index (χ3v) is 3.68. The van der Waals surface area contributed by atoms with Crippen molar-refractivity contribution in [3.05, 3.63) is 16.1 Å². The van der Waals surface area contributed by atoms with Crippen molar-refractivity contribution in [3.63, 3.8) is 0 Å². The molecule has 3 N–H and O–H groups in total. The van der Waals surface area contributed by atoms with E-state index in [9.17, 15) is 0 Å². The predicted octanol–water partition coefficient (Wildman–Crippen LogP) is 0.659. The second-order valence-electron chi connectivity index (χ2n) is 4.13. The molecule has 4 nitrogen and oxygen atoms in total. The zero-order chi connectivity index (χ0) is 10.7. The van der Waals surface area contributed by atoms with Gasteiger partial charge in [0, 0.05) is 24.6 Å². The molecule has 2 rings (SSSR count). The van der Waals surface area contributed by atoms with E-state index in [-0.39, 0.29) is 5.54 Å². The number of nitrogens with zero attached hydrogens (tertiary/aromatic N) is 1. The molecule has 1 aliphatic heterocycles. The highest BCUT2D eigenvalue weighted by atomic mass is 32.1. The lowest BCUT2D eigenvalue weighted by molar-refractivity contribution is 0.177. The van der Waals surface area contributed by atoms with Crippen LogP contribution in [0, 0.1) is 6.92 Å². The molecule has 0 spiro atoms. The molecule has 0 amide bonds. The van der Waals surface area contributed by atoms with Crippen molar-refractivity contribution < 1.29 is 4.74 Å². The second-order valence-corrected chi connectivity index (χ2v) is 5.07. The van der Waals surface area contributed by atoms with Crippen LogP contribution in [0.4, 0.5) is 0 Å². The van der Waals surface area contributed by atoms with E-state index in [1.54, 1.807) is 11.3 Å². The Balaban J connectivity index is 1.77. The summed E-state index contributed by atoms with van der Waals surface area (Å²) in [5.74, 6) is 0. The third-order valence-electron chi connectivity index (χ3n) is 2.74. The van der Waals surface area contributed by atoms with Gasteiger partial charge in [0.1, 0.15) is 0 Å². The minimum atomic E-state index is -0.168. The number of hydrogen-bond donors (Lipinski definition) is 2. The Morgan fingerprint density at radius 3 is 3.20 bits per heavy atom. The van der Waals surface area contributed by atoms with Crippen LogP contribution in [0.1, 0.15) is 17.0 Å². The summed E-state index contributed by atoms with van der Waals surface area (Å²) in [5, 5.41) is 3.38. The number of rotatable bonds is 4. The van der Waals surface area contributed by atoms with Crippen molar-refractivity contribution in [2.75, 3.05) is 19.8 Å². The Morgan fingerprint density at radius 2 is 2.60 bits per heavy atom. The molecule has 15 heavy (non-hydrogen) atoms. The molecule has 1 aliphatic rings. The van der Waals surface area contributed by atoms with Crippen LogP contribution in [-0.2, 0) is 11.3 Å². The molecule has 0 bridgehead atoms. The van der Waals surface area contributed by atoms with E-state index in [2.05, 4.69) is 10.3 Å². The average Bonchev–Trinajstić information content (AvgIpc) is 2.78. The minimum absolute atomic E-state index is 0.168. The first-order chi connectivity index (χ1) is 7.20. The van der Waals surface area contributed by atoms with Crippen molar-refractivity contribution in [1.29, 1.82) is 0 Å². The monoisotopic (exact) mass is 227 g/mol. The molecular weight excluding hydrogens is 210 g/mol. The van der Waals surface area contributed by atoms with E-state index in [1.165, 1.54) is 4.88 Å². The molecule has 1 aromatic rings. The molecule has 0 aromatic carbocycles. The van der Waals surface area contributed by atoms with Gasteiger partial charge in [0.2, 0.25) is 0 Å². The summed E-state index contributed by atoms with van der Waals surface area (Å²) in [4.78, 5) is 5.50. The summed E-state index contributed by atoms with van der Waals surface area (Å²) < 4.78 is 5.30. The largest absolute Gasteiger partial charge is 0.379 e. The molecule has 5 heteroatoms. The molecule has 2 heterocycles. The number of aromatic nitrogens is 1. The number of nitrogens with two attached hydrogens (primary N) is 1. The van der Waals surface area contributed by atoms with Crippen molar-refractivity contribution >= 4 is 11.3 Å². The van der Waals surface area contributed by atoms with Crippen LogP contribution in [0.2, 0.25) is 0 Å². The van der Waals surface area contributed by atoms with Crippen LogP contribution in [0.5, 0.6) is 0 Å². The van der Waals surface area contributed by atoms with Crippen molar-refractivity contribution in [1.82, 2.24) is 10.3 Å². The topological polar surface area (TPSA) is 60.2 Å². The van der Waals surface area contributed by atoms with E-state index < -0.39 is 0 Å². The zero-order valence-corrected chi connectivity index (χ0v) is 9.77. The zero-order valence-electron chi connectivity index (χ0n) is 8.95. The summed E-state index contributed by atoms with van der Waals surface area (Å²) in [6.45, 7) is 5.16. The smallest absolute Gasteiger partial charge is 0.0798 e. The van der Waals surface area contributed by atoms with Crippen LogP contribution in [-0.4, -0.2) is 30.3 Å². The molecule has 1 atom stereocenters. The van der Waals surface area contributed by atoms with Crippen LogP contribution < -0.4 is 11.1 Å². The van der Waals surface area contributed by atoms with Gasteiger partial charge in [-0.2, -0.15) is 0 Å². The first-order valence-electron chi connectivity index (χ1n) is 5.16. The van der Waals surface area contributed by atoms with Gasteiger partial charge in [0.05, 0.1) is 23.4 Å². The van der Waals surface area contributed by atoms with Gasteiger partial charge in [-0.1, -0.05) is 0 Å². The number of ether oxygens (including phenoxy) is 1. The maximum atomic E-state index is 6.14. The number of nitrogens with one attached hydrogen (secondary N) is 1. The highest BCUT2D eigenvalue weighted by Gasteiger charge is 2.29. The van der Waals surface area contributed by atoms with Crippen LogP contribution in [0.25, 0.3) is 0 Å². The van der Waals surface area contributed by atoms with Gasteiger partial charge in [0.25, 0.3) is 0 Å². The van der Waals surface area contributed by atoms with Gasteiger partial charge >= 0.3 is 0 Å². The van der Waals surface area contributed by atoms with E-state index in [1.807, 2.05) is 12.4 Å². The maximum Gasteiger partial charge on any atom is 0.0798 e. The molecule has 0 saturated carbocycles. The van der Waals surface area contributed by atoms with Gasteiger partial charge < -0.3 is 15.8 Å². The second kappa shape index (κ2) is 4.57. The summed E-state index contributed by atoms with van der Waals surface area (Å²) in [6.07, 6.45) is 0.946. The maximum absolute atomic E-state index is 6.14. The van der Waals surface area contributed by atoms with Gasteiger partial charge in [-0.15, -0.1) is 11.3 Å². The quantitative estimate of drug-likeness (QED) is 0.793. The normalized spacial score (nSPS) is 26.0. The highest BCUT2D eigenvalue weighted by molar-refractivity contribution is 7.09.